The largest absolute Gasteiger partial charge is 0.487 e. The van der Waals surface area contributed by atoms with E-state index in [2.05, 4.69) is 21.2 Å². The van der Waals surface area contributed by atoms with Crippen LogP contribution in [0, 0.1) is 5.41 Å². The van der Waals surface area contributed by atoms with Gasteiger partial charge in [-0.2, -0.15) is 0 Å². The number of benzene rings is 2. The molecule has 0 radical (unpaired) electrons. The molecule has 0 heterocycles. The third-order valence-electron chi connectivity index (χ3n) is 3.16. The molecular formula is C17H17BrClN3O3. The second kappa shape index (κ2) is 9.19. The van der Waals surface area contributed by atoms with Gasteiger partial charge in [-0.3, -0.25) is 20.3 Å². The predicted molar refractivity (Wildman–Crippen MR) is 102 cm³/mol. The summed E-state index contributed by atoms with van der Waals surface area (Å²) in [5.74, 6) is -0.910. The Balaban J connectivity index is 0.00000312. The summed E-state index contributed by atoms with van der Waals surface area (Å²) in [6.45, 7) is 1.68. The molecule has 0 atom stereocenters. The molecule has 0 saturated carbocycles. The van der Waals surface area contributed by atoms with Gasteiger partial charge in [-0.1, -0.05) is 30.3 Å². The number of halogens is 2. The smallest absolute Gasteiger partial charge is 0.258 e. The van der Waals surface area contributed by atoms with Crippen LogP contribution in [-0.4, -0.2) is 17.6 Å². The SMILES string of the molecule is CC(=O)c1cc(C(=O)NC(=N)N)cc(Br)c1OCc1ccccc1.Cl. The Kier molecular flexibility index (Phi) is 7.60. The van der Waals surface area contributed by atoms with Gasteiger partial charge in [-0.25, -0.2) is 0 Å². The first-order valence-electron chi connectivity index (χ1n) is 7.05. The average molecular weight is 427 g/mol. The number of nitrogens with two attached hydrogens (primary N) is 1. The zero-order chi connectivity index (χ0) is 17.7. The van der Waals surface area contributed by atoms with Crippen molar-refractivity contribution in [2.75, 3.05) is 0 Å². The van der Waals surface area contributed by atoms with Gasteiger partial charge in [0.1, 0.15) is 12.4 Å². The van der Waals surface area contributed by atoms with Crippen LogP contribution in [0.15, 0.2) is 46.9 Å². The highest BCUT2D eigenvalue weighted by atomic mass is 79.9. The van der Waals surface area contributed by atoms with Crippen molar-refractivity contribution in [1.29, 1.82) is 5.41 Å². The lowest BCUT2D eigenvalue weighted by Crippen LogP contribution is -2.35. The lowest BCUT2D eigenvalue weighted by molar-refractivity contribution is 0.0976. The molecule has 1 amide bonds. The van der Waals surface area contributed by atoms with Crippen LogP contribution in [0.5, 0.6) is 5.75 Å². The molecule has 0 spiro atoms. The normalized spacial score (nSPS) is 9.68. The minimum atomic E-state index is -0.569. The van der Waals surface area contributed by atoms with Crippen molar-refractivity contribution in [2.24, 2.45) is 5.73 Å². The van der Waals surface area contributed by atoms with E-state index in [1.165, 1.54) is 19.1 Å². The molecule has 2 aromatic carbocycles. The number of carbonyl (C=O) groups is 2. The second-order valence-corrected chi connectivity index (χ2v) is 5.89. The summed E-state index contributed by atoms with van der Waals surface area (Å²) in [5.41, 5.74) is 6.59. The highest BCUT2D eigenvalue weighted by molar-refractivity contribution is 9.10. The fourth-order valence-corrected chi connectivity index (χ4v) is 2.63. The Morgan fingerprint density at radius 3 is 2.44 bits per heavy atom. The summed E-state index contributed by atoms with van der Waals surface area (Å²) in [7, 11) is 0. The first kappa shape index (κ1) is 20.7. The average Bonchev–Trinajstić information content (AvgIpc) is 2.53. The Morgan fingerprint density at radius 2 is 1.88 bits per heavy atom. The Morgan fingerprint density at radius 1 is 1.24 bits per heavy atom. The van der Waals surface area contributed by atoms with Gasteiger partial charge in [0.05, 0.1) is 10.0 Å². The summed E-state index contributed by atoms with van der Waals surface area (Å²) in [4.78, 5) is 23.9. The summed E-state index contributed by atoms with van der Waals surface area (Å²) in [6.07, 6.45) is 0. The fourth-order valence-electron chi connectivity index (χ4n) is 2.06. The van der Waals surface area contributed by atoms with Crippen molar-refractivity contribution in [1.82, 2.24) is 5.32 Å². The minimum absolute atomic E-state index is 0. The lowest BCUT2D eigenvalue weighted by Gasteiger charge is -2.14. The van der Waals surface area contributed by atoms with Gasteiger partial charge in [-0.15, -0.1) is 12.4 Å². The predicted octanol–water partition coefficient (Wildman–Crippen LogP) is 3.28. The van der Waals surface area contributed by atoms with Crippen LogP contribution in [0.1, 0.15) is 33.2 Å². The standard InChI is InChI=1S/C17H16BrN3O3.ClH/c1-10(22)13-7-12(16(23)21-17(19)20)8-14(18)15(13)24-9-11-5-3-2-4-6-11;/h2-8H,9H2,1H3,(H4,19,20,21,23);1H. The topological polar surface area (TPSA) is 105 Å². The van der Waals surface area contributed by atoms with Gasteiger partial charge in [0.15, 0.2) is 11.7 Å². The maximum absolute atomic E-state index is 12.0. The van der Waals surface area contributed by atoms with Crippen molar-refractivity contribution in [2.45, 2.75) is 13.5 Å². The van der Waals surface area contributed by atoms with Gasteiger partial charge in [0, 0.05) is 5.56 Å². The van der Waals surface area contributed by atoms with Crippen LogP contribution >= 0.6 is 28.3 Å². The van der Waals surface area contributed by atoms with E-state index in [4.69, 9.17) is 15.9 Å². The van der Waals surface area contributed by atoms with Crippen LogP contribution in [-0.2, 0) is 6.61 Å². The highest BCUT2D eigenvalue weighted by Crippen LogP contribution is 2.32. The summed E-state index contributed by atoms with van der Waals surface area (Å²) in [5, 5.41) is 9.29. The molecule has 132 valence electrons. The third kappa shape index (κ3) is 5.58. The molecule has 0 aliphatic rings. The van der Waals surface area contributed by atoms with Crippen LogP contribution in [0.3, 0.4) is 0 Å². The van der Waals surface area contributed by atoms with E-state index >= 15 is 0 Å². The van der Waals surface area contributed by atoms with E-state index < -0.39 is 11.9 Å². The number of ether oxygens (including phenoxy) is 1. The monoisotopic (exact) mass is 425 g/mol. The van der Waals surface area contributed by atoms with E-state index in [1.54, 1.807) is 0 Å². The van der Waals surface area contributed by atoms with Gasteiger partial charge < -0.3 is 10.5 Å². The van der Waals surface area contributed by atoms with Gasteiger partial charge in [-0.05, 0) is 40.5 Å². The van der Waals surface area contributed by atoms with Crippen molar-refractivity contribution in [3.8, 4) is 5.75 Å². The Bertz CT molecular complexity index is 797. The third-order valence-corrected chi connectivity index (χ3v) is 3.75. The number of hydrogen-bond donors (Lipinski definition) is 3. The molecule has 25 heavy (non-hydrogen) atoms. The van der Waals surface area contributed by atoms with Gasteiger partial charge >= 0.3 is 0 Å². The lowest BCUT2D eigenvalue weighted by atomic mass is 10.1. The maximum Gasteiger partial charge on any atom is 0.258 e. The van der Waals surface area contributed by atoms with Crippen molar-refractivity contribution >= 4 is 46.0 Å². The molecule has 0 saturated heterocycles. The zero-order valence-corrected chi connectivity index (χ0v) is 15.7. The van der Waals surface area contributed by atoms with E-state index in [9.17, 15) is 9.59 Å². The minimum Gasteiger partial charge on any atom is -0.487 e. The summed E-state index contributed by atoms with van der Waals surface area (Å²) in [6, 6.07) is 12.5. The molecule has 0 bridgehead atoms. The zero-order valence-electron chi connectivity index (χ0n) is 13.3. The number of Topliss-reactive ketones (excluding diaryl/α,β-unsaturated/α-hetero) is 1. The van der Waals surface area contributed by atoms with Crippen molar-refractivity contribution in [3.63, 3.8) is 0 Å². The highest BCUT2D eigenvalue weighted by Gasteiger charge is 2.18. The van der Waals surface area contributed by atoms with Crippen LogP contribution < -0.4 is 15.8 Å². The fraction of sp³-hybridized carbons (Fsp3) is 0.118. The van der Waals surface area contributed by atoms with E-state index in [-0.39, 0.29) is 29.3 Å². The van der Waals surface area contributed by atoms with E-state index in [1.807, 2.05) is 30.3 Å². The molecule has 2 aromatic rings. The number of hydrogen-bond acceptors (Lipinski definition) is 4. The number of nitrogens with one attached hydrogen (secondary N) is 2. The second-order valence-electron chi connectivity index (χ2n) is 5.03. The van der Waals surface area contributed by atoms with Gasteiger partial charge in [0.2, 0.25) is 0 Å². The van der Waals surface area contributed by atoms with E-state index in [0.717, 1.165) is 5.56 Å². The first-order valence-corrected chi connectivity index (χ1v) is 7.84. The van der Waals surface area contributed by atoms with Crippen molar-refractivity contribution in [3.05, 3.63) is 63.6 Å². The number of guanidine groups is 1. The van der Waals surface area contributed by atoms with Crippen LogP contribution in [0.25, 0.3) is 0 Å². The Labute approximate surface area is 159 Å². The summed E-state index contributed by atoms with van der Waals surface area (Å²) >= 11 is 3.33. The molecule has 0 aliphatic carbocycles. The Hall–Kier alpha value is -2.38. The van der Waals surface area contributed by atoms with Crippen molar-refractivity contribution < 1.29 is 14.3 Å². The van der Waals surface area contributed by atoms with Gasteiger partial charge in [0.25, 0.3) is 5.91 Å². The molecule has 0 aromatic heterocycles. The van der Waals surface area contributed by atoms with Crippen LogP contribution in [0.2, 0.25) is 0 Å². The molecule has 2 rings (SSSR count). The molecule has 4 N–H and O–H groups in total. The van der Waals surface area contributed by atoms with Crippen LogP contribution in [0.4, 0.5) is 0 Å². The molecule has 6 nitrogen and oxygen atoms in total. The number of carbonyl (C=O) groups excluding carboxylic acids is 2. The molecule has 8 heteroatoms. The molecular weight excluding hydrogens is 410 g/mol. The quantitative estimate of drug-likeness (QED) is 0.387. The summed E-state index contributed by atoms with van der Waals surface area (Å²) < 4.78 is 6.24. The van der Waals surface area contributed by atoms with E-state index in [0.29, 0.717) is 16.8 Å². The number of amides is 1. The molecule has 0 aliphatic heterocycles. The first-order chi connectivity index (χ1) is 11.4. The number of ketones is 1. The maximum atomic E-state index is 12.0. The molecule has 0 unspecified atom stereocenters. The number of rotatable bonds is 5. The molecule has 0 fully saturated rings.